The van der Waals surface area contributed by atoms with Crippen molar-refractivity contribution in [3.63, 3.8) is 0 Å². The minimum absolute atomic E-state index is 0.542. The second-order valence-corrected chi connectivity index (χ2v) is 5.91. The van der Waals surface area contributed by atoms with Gasteiger partial charge < -0.3 is 5.11 Å². The van der Waals surface area contributed by atoms with Gasteiger partial charge in [0.1, 0.15) is 0 Å². The molecule has 1 fully saturated rings. The van der Waals surface area contributed by atoms with Crippen LogP contribution in [0.25, 0.3) is 0 Å². The van der Waals surface area contributed by atoms with E-state index < -0.39 is 5.60 Å². The Hall–Kier alpha value is -1.31. The van der Waals surface area contributed by atoms with Gasteiger partial charge in [-0.2, -0.15) is 0 Å². The standard InChI is InChI=1S/C17H17ClO/c1-12-2-7-16(18)14(10-12)11-13-3-5-15(6-4-13)17(19)8-9-17/h2-7,10,19H,8-9,11H2,1H3. The van der Waals surface area contributed by atoms with Gasteiger partial charge in [0, 0.05) is 5.02 Å². The summed E-state index contributed by atoms with van der Waals surface area (Å²) < 4.78 is 0. The van der Waals surface area contributed by atoms with Gasteiger partial charge in [0.2, 0.25) is 0 Å². The first-order valence-electron chi connectivity index (χ1n) is 6.64. The molecule has 0 radical (unpaired) electrons. The average Bonchev–Trinajstić information content (AvgIpc) is 3.14. The summed E-state index contributed by atoms with van der Waals surface area (Å²) in [4.78, 5) is 0. The van der Waals surface area contributed by atoms with E-state index in [0.717, 1.165) is 35.4 Å². The van der Waals surface area contributed by atoms with Crippen molar-refractivity contribution in [2.24, 2.45) is 0 Å². The Morgan fingerprint density at radius 2 is 1.79 bits per heavy atom. The van der Waals surface area contributed by atoms with Gasteiger partial charge in [-0.15, -0.1) is 0 Å². The lowest BCUT2D eigenvalue weighted by atomic mass is 10.00. The highest BCUT2D eigenvalue weighted by atomic mass is 35.5. The molecule has 1 nitrogen and oxygen atoms in total. The zero-order valence-electron chi connectivity index (χ0n) is 11.0. The molecule has 1 saturated carbocycles. The van der Waals surface area contributed by atoms with E-state index in [9.17, 15) is 5.11 Å². The molecule has 0 bridgehead atoms. The number of benzene rings is 2. The molecule has 0 amide bonds. The zero-order valence-corrected chi connectivity index (χ0v) is 11.7. The van der Waals surface area contributed by atoms with Crippen LogP contribution in [-0.4, -0.2) is 5.11 Å². The Morgan fingerprint density at radius 1 is 1.11 bits per heavy atom. The number of hydrogen-bond donors (Lipinski definition) is 1. The molecule has 3 rings (SSSR count). The first kappa shape index (κ1) is 12.7. The molecule has 0 spiro atoms. The number of aryl methyl sites for hydroxylation is 1. The number of halogens is 1. The molecule has 0 aromatic heterocycles. The molecule has 2 aromatic rings. The van der Waals surface area contributed by atoms with Crippen LogP contribution in [-0.2, 0) is 12.0 Å². The SMILES string of the molecule is Cc1ccc(Cl)c(Cc2ccc(C3(O)CC3)cc2)c1. The maximum absolute atomic E-state index is 10.0. The van der Waals surface area contributed by atoms with Crippen LogP contribution in [0, 0.1) is 6.92 Å². The number of aliphatic hydroxyl groups is 1. The Morgan fingerprint density at radius 3 is 2.42 bits per heavy atom. The van der Waals surface area contributed by atoms with Gasteiger partial charge in [-0.05, 0) is 48.9 Å². The van der Waals surface area contributed by atoms with Gasteiger partial charge in [0.05, 0.1) is 5.60 Å². The maximum atomic E-state index is 10.0. The highest BCUT2D eigenvalue weighted by molar-refractivity contribution is 6.31. The lowest BCUT2D eigenvalue weighted by Crippen LogP contribution is -2.03. The Balaban J connectivity index is 1.81. The minimum atomic E-state index is -0.542. The third kappa shape index (κ3) is 2.68. The fourth-order valence-corrected chi connectivity index (χ4v) is 2.58. The van der Waals surface area contributed by atoms with Crippen molar-refractivity contribution in [2.45, 2.75) is 31.8 Å². The first-order chi connectivity index (χ1) is 9.07. The van der Waals surface area contributed by atoms with Crippen molar-refractivity contribution in [3.8, 4) is 0 Å². The molecule has 0 saturated heterocycles. The van der Waals surface area contributed by atoms with E-state index in [4.69, 9.17) is 11.6 Å². The molecule has 19 heavy (non-hydrogen) atoms. The van der Waals surface area contributed by atoms with Gasteiger partial charge in [-0.1, -0.05) is 53.6 Å². The Kier molecular flexibility index (Phi) is 3.12. The molecule has 0 heterocycles. The van der Waals surface area contributed by atoms with Crippen LogP contribution >= 0.6 is 11.6 Å². The Bertz CT molecular complexity index is 597. The summed E-state index contributed by atoms with van der Waals surface area (Å²) in [6.07, 6.45) is 2.60. The molecule has 0 atom stereocenters. The van der Waals surface area contributed by atoms with Gasteiger partial charge in [-0.3, -0.25) is 0 Å². The largest absolute Gasteiger partial charge is 0.385 e. The molecule has 98 valence electrons. The lowest BCUT2D eigenvalue weighted by Gasteiger charge is -2.10. The summed E-state index contributed by atoms with van der Waals surface area (Å²) >= 11 is 6.22. The monoisotopic (exact) mass is 272 g/mol. The molecule has 1 N–H and O–H groups in total. The van der Waals surface area contributed by atoms with Crippen LogP contribution in [0.3, 0.4) is 0 Å². The summed E-state index contributed by atoms with van der Waals surface area (Å²) in [6.45, 7) is 2.07. The van der Waals surface area contributed by atoms with Crippen molar-refractivity contribution in [1.82, 2.24) is 0 Å². The average molecular weight is 273 g/mol. The maximum Gasteiger partial charge on any atom is 0.0899 e. The highest BCUT2D eigenvalue weighted by Gasteiger charge is 2.41. The summed E-state index contributed by atoms with van der Waals surface area (Å²) in [5, 5.41) is 10.9. The smallest absolute Gasteiger partial charge is 0.0899 e. The third-order valence-corrected chi connectivity index (χ3v) is 4.18. The summed E-state index contributed by atoms with van der Waals surface area (Å²) in [7, 11) is 0. The lowest BCUT2D eigenvalue weighted by molar-refractivity contribution is 0.151. The molecule has 2 heteroatoms. The molecule has 1 aliphatic carbocycles. The van der Waals surface area contributed by atoms with Gasteiger partial charge >= 0.3 is 0 Å². The van der Waals surface area contributed by atoms with Crippen molar-refractivity contribution in [1.29, 1.82) is 0 Å². The van der Waals surface area contributed by atoms with Crippen LogP contribution in [0.5, 0.6) is 0 Å². The zero-order chi connectivity index (χ0) is 13.5. The highest BCUT2D eigenvalue weighted by Crippen LogP contribution is 2.45. The fourth-order valence-electron chi connectivity index (χ4n) is 2.40. The molecular weight excluding hydrogens is 256 g/mol. The number of hydrogen-bond acceptors (Lipinski definition) is 1. The first-order valence-corrected chi connectivity index (χ1v) is 7.01. The normalized spacial score (nSPS) is 16.4. The second kappa shape index (κ2) is 4.66. The molecule has 2 aromatic carbocycles. The van der Waals surface area contributed by atoms with Gasteiger partial charge in [0.15, 0.2) is 0 Å². The predicted molar refractivity (Wildman–Crippen MR) is 78.6 cm³/mol. The molecule has 1 aliphatic rings. The Labute approximate surface area is 118 Å². The van der Waals surface area contributed by atoms with Gasteiger partial charge in [0.25, 0.3) is 0 Å². The van der Waals surface area contributed by atoms with E-state index >= 15 is 0 Å². The summed E-state index contributed by atoms with van der Waals surface area (Å²) in [5.41, 5.74) is 4.09. The van der Waals surface area contributed by atoms with Crippen molar-refractivity contribution >= 4 is 11.6 Å². The third-order valence-electron chi connectivity index (χ3n) is 3.81. The summed E-state index contributed by atoms with van der Waals surface area (Å²) in [6, 6.07) is 14.3. The fraction of sp³-hybridized carbons (Fsp3) is 0.294. The van der Waals surface area contributed by atoms with E-state index in [2.05, 4.69) is 25.1 Å². The van der Waals surface area contributed by atoms with E-state index in [1.165, 1.54) is 11.1 Å². The van der Waals surface area contributed by atoms with E-state index in [-0.39, 0.29) is 0 Å². The molecule has 0 aliphatic heterocycles. The van der Waals surface area contributed by atoms with Gasteiger partial charge in [-0.25, -0.2) is 0 Å². The number of rotatable bonds is 3. The van der Waals surface area contributed by atoms with Crippen LogP contribution in [0.2, 0.25) is 5.02 Å². The van der Waals surface area contributed by atoms with E-state index in [0.29, 0.717) is 0 Å². The van der Waals surface area contributed by atoms with Crippen molar-refractivity contribution in [3.05, 3.63) is 69.7 Å². The second-order valence-electron chi connectivity index (χ2n) is 5.50. The van der Waals surface area contributed by atoms with E-state index in [1.807, 2.05) is 24.3 Å². The van der Waals surface area contributed by atoms with Crippen LogP contribution in [0.4, 0.5) is 0 Å². The summed E-state index contributed by atoms with van der Waals surface area (Å²) in [5.74, 6) is 0. The molecular formula is C17H17ClO. The van der Waals surface area contributed by atoms with Crippen LogP contribution in [0.15, 0.2) is 42.5 Å². The minimum Gasteiger partial charge on any atom is -0.385 e. The molecule has 0 unspecified atom stereocenters. The van der Waals surface area contributed by atoms with Crippen LogP contribution in [0.1, 0.15) is 35.1 Å². The van der Waals surface area contributed by atoms with E-state index in [1.54, 1.807) is 0 Å². The quantitative estimate of drug-likeness (QED) is 0.887. The van der Waals surface area contributed by atoms with Crippen LogP contribution < -0.4 is 0 Å². The van der Waals surface area contributed by atoms with Crippen molar-refractivity contribution < 1.29 is 5.11 Å². The topological polar surface area (TPSA) is 20.2 Å². The predicted octanol–water partition coefficient (Wildman–Crippen LogP) is 4.22. The van der Waals surface area contributed by atoms with Crippen molar-refractivity contribution in [2.75, 3.05) is 0 Å².